The minimum Gasteiger partial charge on any atom is -0.345 e. The SMILES string of the molecule is C1CNCC(Cc2nc3c([nH]2)CNCC3)C1. The average Bonchev–Trinajstić information content (AvgIpc) is 2.72. The molecule has 1 aromatic heterocycles. The van der Waals surface area contributed by atoms with E-state index in [0.717, 1.165) is 38.4 Å². The van der Waals surface area contributed by atoms with Gasteiger partial charge in [0.25, 0.3) is 0 Å². The van der Waals surface area contributed by atoms with E-state index in [4.69, 9.17) is 4.98 Å². The molecular formula is C12H20N4. The molecule has 4 heteroatoms. The van der Waals surface area contributed by atoms with Crippen LogP contribution in [0.25, 0.3) is 0 Å². The zero-order valence-corrected chi connectivity index (χ0v) is 9.68. The van der Waals surface area contributed by atoms with Crippen molar-refractivity contribution in [2.45, 2.75) is 32.2 Å². The lowest BCUT2D eigenvalue weighted by molar-refractivity contribution is 0.371. The van der Waals surface area contributed by atoms with Crippen LogP contribution in [0.1, 0.15) is 30.1 Å². The lowest BCUT2D eigenvalue weighted by Gasteiger charge is -2.21. The molecule has 3 N–H and O–H groups in total. The maximum absolute atomic E-state index is 4.72. The molecule has 2 aliphatic heterocycles. The van der Waals surface area contributed by atoms with Crippen molar-refractivity contribution < 1.29 is 0 Å². The molecule has 1 saturated heterocycles. The van der Waals surface area contributed by atoms with Gasteiger partial charge in [-0.3, -0.25) is 0 Å². The number of imidazole rings is 1. The second-order valence-electron chi connectivity index (χ2n) is 4.95. The van der Waals surface area contributed by atoms with E-state index < -0.39 is 0 Å². The summed E-state index contributed by atoms with van der Waals surface area (Å²) in [5.74, 6) is 1.97. The number of fused-ring (bicyclic) bond motifs is 1. The van der Waals surface area contributed by atoms with Crippen LogP contribution in [0, 0.1) is 5.92 Å². The van der Waals surface area contributed by atoms with Crippen LogP contribution in [0.5, 0.6) is 0 Å². The molecule has 4 nitrogen and oxygen atoms in total. The van der Waals surface area contributed by atoms with Gasteiger partial charge in [-0.25, -0.2) is 4.98 Å². The predicted molar refractivity (Wildman–Crippen MR) is 63.3 cm³/mol. The van der Waals surface area contributed by atoms with Gasteiger partial charge < -0.3 is 15.6 Å². The van der Waals surface area contributed by atoms with E-state index in [0.29, 0.717) is 0 Å². The van der Waals surface area contributed by atoms with Gasteiger partial charge in [-0.1, -0.05) is 0 Å². The second kappa shape index (κ2) is 4.55. The predicted octanol–water partition coefficient (Wildman–Crippen LogP) is 0.597. The molecule has 1 atom stereocenters. The summed E-state index contributed by atoms with van der Waals surface area (Å²) in [7, 11) is 0. The first-order chi connectivity index (χ1) is 7.92. The van der Waals surface area contributed by atoms with E-state index in [1.54, 1.807) is 0 Å². The summed E-state index contributed by atoms with van der Waals surface area (Å²) in [5, 5.41) is 6.84. The Balaban J connectivity index is 1.67. The van der Waals surface area contributed by atoms with Crippen LogP contribution >= 0.6 is 0 Å². The van der Waals surface area contributed by atoms with Crippen LogP contribution in [-0.2, 0) is 19.4 Å². The molecule has 0 saturated carbocycles. The molecule has 0 radical (unpaired) electrons. The summed E-state index contributed by atoms with van der Waals surface area (Å²) >= 11 is 0. The number of H-pyrrole nitrogens is 1. The number of hydrogen-bond donors (Lipinski definition) is 3. The molecule has 16 heavy (non-hydrogen) atoms. The Bertz CT molecular complexity index is 328. The Morgan fingerprint density at radius 3 is 3.06 bits per heavy atom. The van der Waals surface area contributed by atoms with Gasteiger partial charge in [0.15, 0.2) is 0 Å². The normalized spacial score (nSPS) is 25.4. The fourth-order valence-electron chi connectivity index (χ4n) is 2.75. The van der Waals surface area contributed by atoms with Crippen molar-refractivity contribution in [3.8, 4) is 0 Å². The van der Waals surface area contributed by atoms with Crippen LogP contribution in [0.4, 0.5) is 0 Å². The van der Waals surface area contributed by atoms with Crippen LogP contribution in [-0.4, -0.2) is 29.6 Å². The summed E-state index contributed by atoms with van der Waals surface area (Å²) in [6, 6.07) is 0. The summed E-state index contributed by atoms with van der Waals surface area (Å²) < 4.78 is 0. The molecule has 88 valence electrons. The number of nitrogens with one attached hydrogen (secondary N) is 3. The number of nitrogens with zero attached hydrogens (tertiary/aromatic N) is 1. The van der Waals surface area contributed by atoms with Gasteiger partial charge in [0.1, 0.15) is 5.82 Å². The number of hydrogen-bond acceptors (Lipinski definition) is 3. The maximum atomic E-state index is 4.72. The zero-order valence-electron chi connectivity index (χ0n) is 9.68. The van der Waals surface area contributed by atoms with Crippen molar-refractivity contribution in [1.29, 1.82) is 0 Å². The molecule has 1 aromatic rings. The van der Waals surface area contributed by atoms with Crippen molar-refractivity contribution in [2.75, 3.05) is 19.6 Å². The fourth-order valence-corrected chi connectivity index (χ4v) is 2.75. The first-order valence-corrected chi connectivity index (χ1v) is 6.40. The summed E-state index contributed by atoms with van der Waals surface area (Å²) in [4.78, 5) is 8.20. The summed E-state index contributed by atoms with van der Waals surface area (Å²) in [6.45, 7) is 4.38. The molecule has 0 spiro atoms. The third-order valence-corrected chi connectivity index (χ3v) is 3.63. The highest BCUT2D eigenvalue weighted by molar-refractivity contribution is 5.17. The van der Waals surface area contributed by atoms with Crippen LogP contribution in [0.2, 0.25) is 0 Å². The minimum absolute atomic E-state index is 0.773. The van der Waals surface area contributed by atoms with E-state index in [1.807, 2.05) is 0 Å². The summed E-state index contributed by atoms with van der Waals surface area (Å²) in [6.07, 6.45) is 4.85. The third-order valence-electron chi connectivity index (χ3n) is 3.63. The Morgan fingerprint density at radius 1 is 1.25 bits per heavy atom. The van der Waals surface area contributed by atoms with E-state index in [1.165, 1.54) is 36.6 Å². The molecule has 3 heterocycles. The van der Waals surface area contributed by atoms with Gasteiger partial charge in [-0.05, 0) is 31.8 Å². The molecule has 0 aromatic carbocycles. The van der Waals surface area contributed by atoms with Crippen LogP contribution < -0.4 is 10.6 Å². The van der Waals surface area contributed by atoms with Crippen molar-refractivity contribution in [3.63, 3.8) is 0 Å². The topological polar surface area (TPSA) is 52.7 Å². The standard InChI is InChI=1S/C12H20N4/c1-2-9(7-13-4-1)6-12-15-10-3-5-14-8-11(10)16-12/h9,13-14H,1-8H2,(H,15,16). The van der Waals surface area contributed by atoms with Crippen LogP contribution in [0.15, 0.2) is 0 Å². The quantitative estimate of drug-likeness (QED) is 0.684. The highest BCUT2D eigenvalue weighted by Crippen LogP contribution is 2.17. The number of aromatic amines is 1. The van der Waals surface area contributed by atoms with Gasteiger partial charge in [-0.15, -0.1) is 0 Å². The van der Waals surface area contributed by atoms with Crippen molar-refractivity contribution in [2.24, 2.45) is 5.92 Å². The van der Waals surface area contributed by atoms with E-state index in [9.17, 15) is 0 Å². The van der Waals surface area contributed by atoms with Gasteiger partial charge in [0.2, 0.25) is 0 Å². The molecule has 1 unspecified atom stereocenters. The lowest BCUT2D eigenvalue weighted by Crippen LogP contribution is -2.31. The third kappa shape index (κ3) is 2.13. The molecule has 0 bridgehead atoms. The Morgan fingerprint density at radius 2 is 2.25 bits per heavy atom. The maximum Gasteiger partial charge on any atom is 0.106 e. The number of rotatable bonds is 2. The summed E-state index contributed by atoms with van der Waals surface area (Å²) in [5.41, 5.74) is 2.60. The number of piperidine rings is 1. The van der Waals surface area contributed by atoms with Gasteiger partial charge in [-0.2, -0.15) is 0 Å². The molecule has 0 amide bonds. The molecule has 1 fully saturated rings. The van der Waals surface area contributed by atoms with E-state index in [-0.39, 0.29) is 0 Å². The first kappa shape index (κ1) is 10.3. The Labute approximate surface area is 96.2 Å². The molecule has 3 rings (SSSR count). The lowest BCUT2D eigenvalue weighted by atomic mass is 9.96. The monoisotopic (exact) mass is 220 g/mol. The smallest absolute Gasteiger partial charge is 0.106 e. The molecule has 2 aliphatic rings. The molecular weight excluding hydrogens is 200 g/mol. The largest absolute Gasteiger partial charge is 0.345 e. The zero-order chi connectivity index (χ0) is 10.8. The fraction of sp³-hybridized carbons (Fsp3) is 0.750. The van der Waals surface area contributed by atoms with Gasteiger partial charge >= 0.3 is 0 Å². The van der Waals surface area contributed by atoms with E-state index in [2.05, 4.69) is 15.6 Å². The first-order valence-electron chi connectivity index (χ1n) is 6.40. The highest BCUT2D eigenvalue weighted by Gasteiger charge is 2.18. The van der Waals surface area contributed by atoms with E-state index >= 15 is 0 Å². The van der Waals surface area contributed by atoms with Crippen molar-refractivity contribution >= 4 is 0 Å². The highest BCUT2D eigenvalue weighted by atomic mass is 15.0. The van der Waals surface area contributed by atoms with Crippen LogP contribution in [0.3, 0.4) is 0 Å². The minimum atomic E-state index is 0.773. The van der Waals surface area contributed by atoms with Crippen molar-refractivity contribution in [1.82, 2.24) is 20.6 Å². The average molecular weight is 220 g/mol. The Hall–Kier alpha value is -0.870. The Kier molecular flexibility index (Phi) is 2.93. The molecule has 0 aliphatic carbocycles. The number of aromatic nitrogens is 2. The van der Waals surface area contributed by atoms with Gasteiger partial charge in [0.05, 0.1) is 11.4 Å². The second-order valence-corrected chi connectivity index (χ2v) is 4.95. The van der Waals surface area contributed by atoms with Crippen molar-refractivity contribution in [3.05, 3.63) is 17.2 Å². The van der Waals surface area contributed by atoms with Gasteiger partial charge in [0, 0.05) is 25.9 Å².